The Hall–Kier alpha value is -8.21. The average molecular weight is 1010 g/mol. The molecule has 23 heteroatoms. The Morgan fingerprint density at radius 2 is 1.21 bits per heavy atom. The highest BCUT2D eigenvalue weighted by atomic mass is 19.4. The number of alkyl halides is 6. The molecule has 3 N–H and O–H groups in total. The maximum Gasteiger partial charge on any atom is 0.405 e. The number of urea groups is 2. The Kier molecular flexibility index (Phi) is 14.1. The molecule has 0 saturated carbocycles. The number of amides is 4. The lowest BCUT2D eigenvalue weighted by molar-refractivity contribution is -0.123. The van der Waals surface area contributed by atoms with Crippen LogP contribution in [0.4, 0.5) is 47.3 Å². The topological polar surface area (TPSA) is 182 Å². The zero-order valence-corrected chi connectivity index (χ0v) is 40.5. The number of aliphatic hydroxyl groups excluding tert-OH is 1. The number of halogens is 6. The number of fused-ring (bicyclic) bond motifs is 2. The lowest BCUT2D eigenvalue weighted by atomic mass is 9.90. The van der Waals surface area contributed by atoms with Gasteiger partial charge < -0.3 is 29.8 Å². The molecule has 2 aromatic carbocycles. The molecule has 382 valence electrons. The summed E-state index contributed by atoms with van der Waals surface area (Å²) >= 11 is 0. The summed E-state index contributed by atoms with van der Waals surface area (Å²) in [6, 6.07) is 14.0. The quantitative estimate of drug-likeness (QED) is 0.0701. The number of aryl methyl sites for hydroxylation is 1. The highest BCUT2D eigenvalue weighted by Gasteiger charge is 2.37. The Balaban J connectivity index is 1.31. The second-order valence-electron chi connectivity index (χ2n) is 18.2. The molecule has 8 aromatic rings. The molecule has 0 aliphatic rings. The second-order valence-corrected chi connectivity index (χ2v) is 18.2. The number of carbonyl (C=O) groups excluding carboxylic acids is 2. The first kappa shape index (κ1) is 51.2. The van der Waals surface area contributed by atoms with Crippen LogP contribution in [-0.2, 0) is 5.41 Å². The van der Waals surface area contributed by atoms with Crippen LogP contribution in [0.1, 0.15) is 52.9 Å². The fraction of sp³-hybridized carbons (Fsp3) is 0.300. The van der Waals surface area contributed by atoms with Gasteiger partial charge in [-0.1, -0.05) is 13.8 Å². The van der Waals surface area contributed by atoms with Crippen LogP contribution < -0.4 is 30.1 Å². The minimum absolute atomic E-state index is 0.0589. The molecular formula is C50H50F6N12O5. The van der Waals surface area contributed by atoms with E-state index in [1.165, 1.54) is 36.7 Å². The molecule has 17 nitrogen and oxygen atoms in total. The van der Waals surface area contributed by atoms with Gasteiger partial charge in [-0.2, -0.15) is 36.4 Å². The third kappa shape index (κ3) is 11.8. The smallest absolute Gasteiger partial charge is 0.405 e. The molecular weight excluding hydrogens is 963 g/mol. The molecule has 0 fully saturated rings. The molecule has 0 bridgehead atoms. The average Bonchev–Trinajstić information content (AvgIpc) is 4.08. The number of aromatic nitrogens is 8. The Morgan fingerprint density at radius 3 is 1.68 bits per heavy atom. The predicted octanol–water partition coefficient (Wildman–Crippen LogP) is 9.88. The minimum atomic E-state index is -4.97. The van der Waals surface area contributed by atoms with Gasteiger partial charge in [-0.05, 0) is 83.1 Å². The van der Waals surface area contributed by atoms with Crippen LogP contribution >= 0.6 is 0 Å². The van der Waals surface area contributed by atoms with Crippen molar-refractivity contribution < 1.29 is 50.5 Å². The van der Waals surface area contributed by atoms with Crippen LogP contribution in [0.5, 0.6) is 11.5 Å². The van der Waals surface area contributed by atoms with E-state index >= 15 is 0 Å². The van der Waals surface area contributed by atoms with Crippen LogP contribution in [0, 0.1) is 6.92 Å². The minimum Gasteiger partial charge on any atom is -0.491 e. The third-order valence-electron chi connectivity index (χ3n) is 11.1. The zero-order valence-electron chi connectivity index (χ0n) is 40.5. The van der Waals surface area contributed by atoms with Gasteiger partial charge in [-0.25, -0.2) is 34.5 Å². The number of anilines is 2. The SMILES string of the molecule is Cc1cn(-c2ccn3c(-c4cc(OC(C)C)cc(N(C(=O)NCC(F)(F)F)N(C(=O)NCC(F)(F)F)c5cc(OC(C)C)cc(-c6cnc7cc(-c8nccc(C(C)(C)CO)n8)ccn67)c5)c4)cnc3c2)cn1. The van der Waals surface area contributed by atoms with E-state index in [1.54, 1.807) is 119 Å². The van der Waals surface area contributed by atoms with Gasteiger partial charge in [0.1, 0.15) is 35.9 Å². The fourth-order valence-corrected chi connectivity index (χ4v) is 7.73. The third-order valence-corrected chi connectivity index (χ3v) is 11.1. The summed E-state index contributed by atoms with van der Waals surface area (Å²) in [5.74, 6) is 0.486. The molecule has 8 rings (SSSR count). The largest absolute Gasteiger partial charge is 0.491 e. The van der Waals surface area contributed by atoms with Crippen molar-refractivity contribution in [2.45, 2.75) is 78.4 Å². The molecule has 73 heavy (non-hydrogen) atoms. The lowest BCUT2D eigenvalue weighted by Crippen LogP contribution is -2.58. The van der Waals surface area contributed by atoms with Gasteiger partial charge in [-0.3, -0.25) is 8.80 Å². The van der Waals surface area contributed by atoms with Gasteiger partial charge >= 0.3 is 24.4 Å². The fourth-order valence-electron chi connectivity index (χ4n) is 7.73. The Morgan fingerprint density at radius 1 is 0.685 bits per heavy atom. The maximum absolute atomic E-state index is 14.6. The number of ether oxygens (including phenoxy) is 2. The van der Waals surface area contributed by atoms with Crippen molar-refractivity contribution in [3.63, 3.8) is 0 Å². The molecule has 0 aliphatic carbocycles. The van der Waals surface area contributed by atoms with Crippen LogP contribution in [0.2, 0.25) is 0 Å². The monoisotopic (exact) mass is 1010 g/mol. The molecule has 0 saturated heterocycles. The van der Waals surface area contributed by atoms with Crippen molar-refractivity contribution in [1.29, 1.82) is 0 Å². The number of aliphatic hydroxyl groups is 1. The summed E-state index contributed by atoms with van der Waals surface area (Å²) in [6.07, 6.45) is 0.474. The van der Waals surface area contributed by atoms with E-state index in [1.807, 2.05) is 27.0 Å². The molecule has 0 aliphatic heterocycles. The van der Waals surface area contributed by atoms with Crippen LogP contribution in [0.15, 0.2) is 110 Å². The van der Waals surface area contributed by atoms with Crippen molar-refractivity contribution in [3.05, 3.63) is 122 Å². The van der Waals surface area contributed by atoms with Gasteiger partial charge in [0.15, 0.2) is 5.82 Å². The Labute approximate surface area is 414 Å². The summed E-state index contributed by atoms with van der Waals surface area (Å²) < 4.78 is 101. The zero-order chi connectivity index (χ0) is 52.6. The molecule has 0 spiro atoms. The van der Waals surface area contributed by atoms with E-state index in [9.17, 15) is 41.0 Å². The normalized spacial score (nSPS) is 12.2. The highest BCUT2D eigenvalue weighted by Crippen LogP contribution is 2.38. The molecule has 0 unspecified atom stereocenters. The van der Waals surface area contributed by atoms with Crippen LogP contribution in [0.3, 0.4) is 0 Å². The number of benzene rings is 2. The molecule has 4 amide bonds. The van der Waals surface area contributed by atoms with Crippen molar-refractivity contribution in [3.8, 4) is 51.1 Å². The van der Waals surface area contributed by atoms with Gasteiger partial charge in [0.05, 0.1) is 77.4 Å². The van der Waals surface area contributed by atoms with E-state index in [2.05, 4.69) is 24.9 Å². The summed E-state index contributed by atoms with van der Waals surface area (Å²) in [7, 11) is 0. The molecule has 6 aromatic heterocycles. The summed E-state index contributed by atoms with van der Waals surface area (Å²) in [5.41, 5.74) is 3.58. The Bertz CT molecular complexity index is 3310. The first-order chi connectivity index (χ1) is 34.4. The summed E-state index contributed by atoms with van der Waals surface area (Å²) in [4.78, 5) is 51.7. The number of carbonyl (C=O) groups is 2. The number of hydrogen-bond acceptors (Lipinski definition) is 10. The van der Waals surface area contributed by atoms with Crippen molar-refractivity contribution >= 4 is 34.7 Å². The van der Waals surface area contributed by atoms with E-state index < -0.39 is 55.1 Å². The number of imidazole rings is 3. The molecule has 0 radical (unpaired) electrons. The standard InChI is InChI=1S/C50H50F6N12O5/c1-29(2)72-38-16-33(40-22-58-43-18-32(9-12-65(40)43)45-57-11-8-42(63-45)48(6,7)27-69)14-36(19-38)67(46(70)60-25-49(51,52)53)68(47(71)61-26-50(54,55)56)37-15-34(17-39(20-37)73-30(3)4)41-23-59-44-21-35(10-13-66(41)44)64-24-31(5)62-28-64/h8-24,28-30,69H,25-27H2,1-7H3,(H,60,70)(H,61,71). The van der Waals surface area contributed by atoms with Gasteiger partial charge in [0.2, 0.25) is 0 Å². The highest BCUT2D eigenvalue weighted by molar-refractivity contribution is 6.06. The first-order valence-corrected chi connectivity index (χ1v) is 22.8. The molecule has 6 heterocycles. The number of hydrogen-bond donors (Lipinski definition) is 3. The van der Waals surface area contributed by atoms with Gasteiger partial charge in [0.25, 0.3) is 0 Å². The number of nitrogens with one attached hydrogen (secondary N) is 2. The van der Waals surface area contributed by atoms with Crippen molar-refractivity contribution in [1.82, 2.24) is 48.9 Å². The predicted molar refractivity (Wildman–Crippen MR) is 260 cm³/mol. The van der Waals surface area contributed by atoms with E-state index in [4.69, 9.17) is 9.47 Å². The van der Waals surface area contributed by atoms with E-state index in [-0.39, 0.29) is 40.6 Å². The number of rotatable bonds is 14. The first-order valence-electron chi connectivity index (χ1n) is 22.8. The number of hydrazine groups is 1. The van der Waals surface area contributed by atoms with E-state index in [0.717, 1.165) is 11.4 Å². The summed E-state index contributed by atoms with van der Waals surface area (Å²) in [6.45, 7) is 8.39. The lowest BCUT2D eigenvalue weighted by Gasteiger charge is -2.35. The van der Waals surface area contributed by atoms with Crippen LogP contribution in [0.25, 0.3) is 50.9 Å². The van der Waals surface area contributed by atoms with Gasteiger partial charge in [-0.15, -0.1) is 0 Å². The van der Waals surface area contributed by atoms with Crippen LogP contribution in [-0.4, -0.2) is 99.7 Å². The number of pyridine rings is 2. The van der Waals surface area contributed by atoms with Gasteiger partial charge in [0, 0.05) is 65.1 Å². The summed E-state index contributed by atoms with van der Waals surface area (Å²) in [5, 5.41) is 14.6. The van der Waals surface area contributed by atoms with Crippen molar-refractivity contribution in [2.24, 2.45) is 0 Å². The number of nitrogens with zero attached hydrogens (tertiary/aromatic N) is 10. The second kappa shape index (κ2) is 20.1. The van der Waals surface area contributed by atoms with Crippen molar-refractivity contribution in [2.75, 3.05) is 29.7 Å². The maximum atomic E-state index is 14.6. The molecule has 0 atom stereocenters. The van der Waals surface area contributed by atoms with E-state index in [0.29, 0.717) is 49.8 Å².